The molecule has 1 atom stereocenters. The first-order chi connectivity index (χ1) is 8.67. The van der Waals surface area contributed by atoms with Gasteiger partial charge < -0.3 is 10.4 Å². The van der Waals surface area contributed by atoms with Crippen LogP contribution in [0.15, 0.2) is 22.9 Å². The molecule has 0 aliphatic carbocycles. The summed E-state index contributed by atoms with van der Waals surface area (Å²) in [7, 11) is 0. The van der Waals surface area contributed by atoms with E-state index in [1.54, 1.807) is 18.5 Å². The average Bonchev–Trinajstić information content (AvgIpc) is 2.36. The van der Waals surface area contributed by atoms with E-state index in [0.29, 0.717) is 18.0 Å². The van der Waals surface area contributed by atoms with Crippen molar-refractivity contribution in [2.75, 3.05) is 13.2 Å². The molecule has 0 saturated carbocycles. The number of aliphatic hydroxyl groups excluding tert-OH is 1. The number of rotatable bonds is 7. The lowest BCUT2D eigenvalue weighted by Crippen LogP contribution is -2.29. The predicted octanol–water partition coefficient (Wildman–Crippen LogP) is 2.37. The van der Waals surface area contributed by atoms with Gasteiger partial charge in [0.25, 0.3) is 5.91 Å². The number of carbonyl (C=O) groups excluding carboxylic acids is 1. The molecule has 1 unspecified atom stereocenters. The van der Waals surface area contributed by atoms with E-state index in [1.807, 2.05) is 0 Å². The second-order valence-corrected chi connectivity index (χ2v) is 5.18. The van der Waals surface area contributed by atoms with Gasteiger partial charge in [-0.15, -0.1) is 0 Å². The molecule has 1 heterocycles. The first kappa shape index (κ1) is 15.1. The summed E-state index contributed by atoms with van der Waals surface area (Å²) < 4.78 is 0.788. The van der Waals surface area contributed by atoms with Gasteiger partial charge in [0.2, 0.25) is 0 Å². The summed E-state index contributed by atoms with van der Waals surface area (Å²) in [6.07, 6.45) is 5.98. The number of nitrogens with one attached hydrogen (secondary N) is 1. The quantitative estimate of drug-likeness (QED) is 0.812. The highest BCUT2D eigenvalue weighted by Gasteiger charge is 2.11. The zero-order valence-electron chi connectivity index (χ0n) is 10.5. The molecule has 0 aromatic carbocycles. The van der Waals surface area contributed by atoms with Crippen LogP contribution in [-0.2, 0) is 0 Å². The number of halogens is 1. The van der Waals surface area contributed by atoms with Gasteiger partial charge in [0.1, 0.15) is 0 Å². The van der Waals surface area contributed by atoms with Crippen LogP contribution in [0.2, 0.25) is 0 Å². The van der Waals surface area contributed by atoms with Crippen molar-refractivity contribution in [1.29, 1.82) is 0 Å². The normalized spacial score (nSPS) is 12.2. The van der Waals surface area contributed by atoms with Gasteiger partial charge in [-0.3, -0.25) is 9.78 Å². The van der Waals surface area contributed by atoms with Gasteiger partial charge >= 0.3 is 0 Å². The highest BCUT2D eigenvalue weighted by Crippen LogP contribution is 2.11. The summed E-state index contributed by atoms with van der Waals surface area (Å²) in [6, 6.07) is 1.74. The number of nitrogens with zero attached hydrogens (tertiary/aromatic N) is 1. The van der Waals surface area contributed by atoms with E-state index in [-0.39, 0.29) is 12.5 Å². The fraction of sp³-hybridized carbons (Fsp3) is 0.538. The summed E-state index contributed by atoms with van der Waals surface area (Å²) in [5, 5.41) is 11.8. The van der Waals surface area contributed by atoms with Crippen LogP contribution in [0.4, 0.5) is 0 Å². The predicted molar refractivity (Wildman–Crippen MR) is 74.4 cm³/mol. The molecular weight excluding hydrogens is 296 g/mol. The van der Waals surface area contributed by atoms with Gasteiger partial charge in [-0.25, -0.2) is 0 Å². The first-order valence-corrected chi connectivity index (χ1v) is 6.96. The number of hydrogen-bond donors (Lipinski definition) is 2. The zero-order valence-corrected chi connectivity index (χ0v) is 12.1. The third-order valence-electron chi connectivity index (χ3n) is 2.75. The molecule has 100 valence electrons. The van der Waals surface area contributed by atoms with Crippen LogP contribution in [0.25, 0.3) is 0 Å². The Kier molecular flexibility index (Phi) is 6.90. The van der Waals surface area contributed by atoms with Crippen molar-refractivity contribution in [3.8, 4) is 0 Å². The third kappa shape index (κ3) is 5.14. The molecule has 0 radical (unpaired) electrons. The Morgan fingerprint density at radius 2 is 2.28 bits per heavy atom. The molecular formula is C13H19BrN2O2. The van der Waals surface area contributed by atoms with E-state index >= 15 is 0 Å². The molecule has 1 amide bonds. The topological polar surface area (TPSA) is 62.2 Å². The summed E-state index contributed by atoms with van der Waals surface area (Å²) >= 11 is 3.28. The number of carbonyl (C=O) groups is 1. The monoisotopic (exact) mass is 314 g/mol. The van der Waals surface area contributed by atoms with Crippen LogP contribution < -0.4 is 5.32 Å². The molecule has 2 N–H and O–H groups in total. The van der Waals surface area contributed by atoms with Crippen LogP contribution >= 0.6 is 15.9 Å². The Labute approximate surface area is 116 Å². The number of hydrogen-bond acceptors (Lipinski definition) is 3. The number of pyridine rings is 1. The van der Waals surface area contributed by atoms with Gasteiger partial charge in [0, 0.05) is 30.0 Å². The maximum atomic E-state index is 11.9. The summed E-state index contributed by atoms with van der Waals surface area (Å²) in [5.41, 5.74) is 0.545. The third-order valence-corrected chi connectivity index (χ3v) is 3.19. The smallest absolute Gasteiger partial charge is 0.252 e. The Morgan fingerprint density at radius 1 is 1.50 bits per heavy atom. The Hall–Kier alpha value is -0.940. The second-order valence-electron chi connectivity index (χ2n) is 4.27. The maximum absolute atomic E-state index is 11.9. The first-order valence-electron chi connectivity index (χ1n) is 6.17. The van der Waals surface area contributed by atoms with E-state index in [0.717, 1.165) is 23.7 Å². The minimum absolute atomic E-state index is 0.122. The highest BCUT2D eigenvalue weighted by atomic mass is 79.9. The molecule has 0 saturated heterocycles. The van der Waals surface area contributed by atoms with E-state index in [1.165, 1.54) is 0 Å². The fourth-order valence-electron chi connectivity index (χ4n) is 1.81. The Bertz CT molecular complexity index is 379. The molecule has 0 fully saturated rings. The van der Waals surface area contributed by atoms with Crippen LogP contribution in [-0.4, -0.2) is 29.1 Å². The number of aliphatic hydroxyl groups is 1. The molecule has 1 aromatic rings. The standard InChI is InChI=1S/C13H19BrN2O2/c1-2-3-10(4-5-17)7-16-13(18)11-6-12(14)9-15-8-11/h6,8-10,17H,2-5,7H2,1H3,(H,16,18). The molecule has 1 aromatic heterocycles. The van der Waals surface area contributed by atoms with Crippen LogP contribution in [0.5, 0.6) is 0 Å². The molecule has 1 rings (SSSR count). The van der Waals surface area contributed by atoms with Gasteiger partial charge in [0.05, 0.1) is 5.56 Å². The van der Waals surface area contributed by atoms with Gasteiger partial charge in [0.15, 0.2) is 0 Å². The molecule has 0 bridgehead atoms. The molecule has 0 aliphatic heterocycles. The van der Waals surface area contributed by atoms with Gasteiger partial charge in [-0.2, -0.15) is 0 Å². The SMILES string of the molecule is CCCC(CCO)CNC(=O)c1cncc(Br)c1. The number of aromatic nitrogens is 1. The van der Waals surface area contributed by atoms with Crippen molar-refractivity contribution in [3.63, 3.8) is 0 Å². The minimum Gasteiger partial charge on any atom is -0.396 e. The minimum atomic E-state index is -0.122. The van der Waals surface area contributed by atoms with E-state index in [9.17, 15) is 4.79 Å². The van der Waals surface area contributed by atoms with Crippen molar-refractivity contribution in [1.82, 2.24) is 10.3 Å². The van der Waals surface area contributed by atoms with Crippen LogP contribution in [0.3, 0.4) is 0 Å². The lowest BCUT2D eigenvalue weighted by molar-refractivity contribution is 0.0942. The summed E-state index contributed by atoms with van der Waals surface area (Å²) in [4.78, 5) is 15.8. The molecule has 4 nitrogen and oxygen atoms in total. The van der Waals surface area contributed by atoms with E-state index in [2.05, 4.69) is 33.2 Å². The highest BCUT2D eigenvalue weighted by molar-refractivity contribution is 9.10. The van der Waals surface area contributed by atoms with Crippen LogP contribution in [0, 0.1) is 5.92 Å². The molecule has 0 spiro atoms. The second kappa shape index (κ2) is 8.21. The lowest BCUT2D eigenvalue weighted by Gasteiger charge is -2.15. The molecule has 5 heteroatoms. The van der Waals surface area contributed by atoms with E-state index in [4.69, 9.17) is 5.11 Å². The average molecular weight is 315 g/mol. The fourth-order valence-corrected chi connectivity index (χ4v) is 2.18. The zero-order chi connectivity index (χ0) is 13.4. The van der Waals surface area contributed by atoms with Gasteiger partial charge in [-0.05, 0) is 40.8 Å². The molecule has 18 heavy (non-hydrogen) atoms. The van der Waals surface area contributed by atoms with Crippen molar-refractivity contribution in [2.24, 2.45) is 5.92 Å². The Morgan fingerprint density at radius 3 is 2.89 bits per heavy atom. The molecule has 0 aliphatic rings. The van der Waals surface area contributed by atoms with Gasteiger partial charge in [-0.1, -0.05) is 13.3 Å². The van der Waals surface area contributed by atoms with Crippen molar-refractivity contribution in [3.05, 3.63) is 28.5 Å². The van der Waals surface area contributed by atoms with Crippen molar-refractivity contribution in [2.45, 2.75) is 26.2 Å². The largest absolute Gasteiger partial charge is 0.396 e. The van der Waals surface area contributed by atoms with Crippen molar-refractivity contribution < 1.29 is 9.90 Å². The summed E-state index contributed by atoms with van der Waals surface area (Å²) in [6.45, 7) is 2.86. The lowest BCUT2D eigenvalue weighted by atomic mass is 10.0. The van der Waals surface area contributed by atoms with E-state index < -0.39 is 0 Å². The number of amides is 1. The summed E-state index contributed by atoms with van der Waals surface area (Å²) in [5.74, 6) is 0.215. The van der Waals surface area contributed by atoms with Crippen molar-refractivity contribution >= 4 is 21.8 Å². The Balaban J connectivity index is 2.49. The van der Waals surface area contributed by atoms with Crippen LogP contribution in [0.1, 0.15) is 36.5 Å². The maximum Gasteiger partial charge on any atom is 0.252 e.